The minimum absolute atomic E-state index is 0.0859. The van der Waals surface area contributed by atoms with Crippen molar-refractivity contribution >= 4 is 29.3 Å². The lowest BCUT2D eigenvalue weighted by Crippen LogP contribution is -2.34. The second-order valence-electron chi connectivity index (χ2n) is 4.91. The summed E-state index contributed by atoms with van der Waals surface area (Å²) >= 11 is 7.82. The summed E-state index contributed by atoms with van der Waals surface area (Å²) in [4.78, 5) is 15.6. The average molecular weight is 298 g/mol. The van der Waals surface area contributed by atoms with Gasteiger partial charge in [0.15, 0.2) is 0 Å². The normalized spacial score (nSPS) is 16.8. The number of hydrogen-bond donors (Lipinski definition) is 0. The van der Waals surface area contributed by atoms with Crippen LogP contribution in [-0.4, -0.2) is 30.2 Å². The molecule has 1 aromatic carbocycles. The van der Waals surface area contributed by atoms with Gasteiger partial charge in [0.1, 0.15) is 0 Å². The Kier molecular flexibility index (Phi) is 5.59. The lowest BCUT2D eigenvalue weighted by atomic mass is 10.1. The molecule has 1 fully saturated rings. The lowest BCUT2D eigenvalue weighted by Gasteiger charge is -2.25. The third kappa shape index (κ3) is 3.90. The van der Waals surface area contributed by atoms with E-state index in [2.05, 4.69) is 0 Å². The van der Waals surface area contributed by atoms with Crippen molar-refractivity contribution in [2.75, 3.05) is 19.3 Å². The van der Waals surface area contributed by atoms with Gasteiger partial charge in [0.2, 0.25) is 0 Å². The van der Waals surface area contributed by atoms with Gasteiger partial charge >= 0.3 is 0 Å². The molecule has 1 heterocycles. The van der Waals surface area contributed by atoms with Crippen LogP contribution in [0.5, 0.6) is 0 Å². The molecule has 2 rings (SSSR count). The van der Waals surface area contributed by atoms with Gasteiger partial charge in [-0.1, -0.05) is 30.9 Å². The van der Waals surface area contributed by atoms with Gasteiger partial charge in [0.25, 0.3) is 5.91 Å². The molecule has 1 aliphatic heterocycles. The van der Waals surface area contributed by atoms with Crippen molar-refractivity contribution in [1.82, 2.24) is 4.90 Å². The number of carbonyl (C=O) groups excluding carboxylic acids is 1. The maximum atomic E-state index is 12.6. The first-order valence-electron chi connectivity index (χ1n) is 6.85. The van der Waals surface area contributed by atoms with E-state index in [9.17, 15) is 4.79 Å². The molecule has 1 saturated heterocycles. The van der Waals surface area contributed by atoms with E-state index in [1.807, 2.05) is 29.4 Å². The molecule has 0 bridgehead atoms. The molecule has 0 aromatic heterocycles. The zero-order valence-electron chi connectivity index (χ0n) is 11.3. The highest BCUT2D eigenvalue weighted by Gasteiger charge is 2.19. The van der Waals surface area contributed by atoms with Gasteiger partial charge in [0.05, 0.1) is 10.6 Å². The molecule has 1 aromatic rings. The van der Waals surface area contributed by atoms with Gasteiger partial charge in [-0.15, -0.1) is 11.8 Å². The molecule has 0 spiro atoms. The van der Waals surface area contributed by atoms with Crippen molar-refractivity contribution in [3.05, 3.63) is 28.8 Å². The number of halogens is 1. The third-order valence-corrected chi connectivity index (χ3v) is 4.60. The largest absolute Gasteiger partial charge is 0.339 e. The molecule has 104 valence electrons. The SMILES string of the molecule is CSc1ccc(Cl)c(C(=O)N2CCCCCCC2)c1. The zero-order valence-corrected chi connectivity index (χ0v) is 12.9. The molecule has 2 nitrogen and oxygen atoms in total. The van der Waals surface area contributed by atoms with Crippen molar-refractivity contribution in [3.8, 4) is 0 Å². The number of carbonyl (C=O) groups is 1. The number of thioether (sulfide) groups is 1. The Hall–Kier alpha value is -0.670. The van der Waals surface area contributed by atoms with Crippen molar-refractivity contribution in [2.45, 2.75) is 37.0 Å². The predicted octanol–water partition coefficient (Wildman–Crippen LogP) is 4.47. The molecular weight excluding hydrogens is 278 g/mol. The lowest BCUT2D eigenvalue weighted by molar-refractivity contribution is 0.0742. The number of likely N-dealkylation sites (tertiary alicyclic amines) is 1. The summed E-state index contributed by atoms with van der Waals surface area (Å²) in [6, 6.07) is 5.69. The van der Waals surface area contributed by atoms with Crippen LogP contribution in [0.3, 0.4) is 0 Å². The van der Waals surface area contributed by atoms with E-state index in [1.165, 1.54) is 19.3 Å². The Labute approximate surface area is 124 Å². The summed E-state index contributed by atoms with van der Waals surface area (Å²) in [6.45, 7) is 1.72. The molecule has 0 saturated carbocycles. The van der Waals surface area contributed by atoms with Gasteiger partial charge in [-0.3, -0.25) is 4.79 Å². The van der Waals surface area contributed by atoms with E-state index in [0.29, 0.717) is 10.6 Å². The smallest absolute Gasteiger partial charge is 0.255 e. The maximum absolute atomic E-state index is 12.6. The fraction of sp³-hybridized carbons (Fsp3) is 0.533. The highest BCUT2D eigenvalue weighted by atomic mass is 35.5. The Morgan fingerprint density at radius 1 is 1.16 bits per heavy atom. The highest BCUT2D eigenvalue weighted by molar-refractivity contribution is 7.98. The van der Waals surface area contributed by atoms with Crippen LogP contribution < -0.4 is 0 Å². The van der Waals surface area contributed by atoms with Crippen LogP contribution in [0.1, 0.15) is 42.5 Å². The molecule has 0 radical (unpaired) electrons. The highest BCUT2D eigenvalue weighted by Crippen LogP contribution is 2.25. The van der Waals surface area contributed by atoms with Crippen LogP contribution in [0.4, 0.5) is 0 Å². The molecule has 4 heteroatoms. The Morgan fingerprint density at radius 3 is 2.42 bits per heavy atom. The minimum atomic E-state index is 0.0859. The Balaban J connectivity index is 2.17. The summed E-state index contributed by atoms with van der Waals surface area (Å²) in [5.41, 5.74) is 0.647. The van der Waals surface area contributed by atoms with E-state index in [4.69, 9.17) is 11.6 Å². The summed E-state index contributed by atoms with van der Waals surface area (Å²) in [6.07, 6.45) is 7.96. The zero-order chi connectivity index (χ0) is 13.7. The second kappa shape index (κ2) is 7.20. The van der Waals surface area contributed by atoms with Gasteiger partial charge in [-0.05, 0) is 37.3 Å². The number of nitrogens with zero attached hydrogens (tertiary/aromatic N) is 1. The van der Waals surface area contributed by atoms with E-state index in [0.717, 1.165) is 30.8 Å². The summed E-state index contributed by atoms with van der Waals surface area (Å²) < 4.78 is 0. The minimum Gasteiger partial charge on any atom is -0.339 e. The molecule has 0 atom stereocenters. The predicted molar refractivity (Wildman–Crippen MR) is 82.2 cm³/mol. The van der Waals surface area contributed by atoms with E-state index < -0.39 is 0 Å². The summed E-state index contributed by atoms with van der Waals surface area (Å²) in [7, 11) is 0. The van der Waals surface area contributed by atoms with Crippen LogP contribution in [0, 0.1) is 0 Å². The summed E-state index contributed by atoms with van der Waals surface area (Å²) in [5, 5.41) is 0.560. The molecule has 0 unspecified atom stereocenters. The monoisotopic (exact) mass is 297 g/mol. The van der Waals surface area contributed by atoms with Crippen LogP contribution >= 0.6 is 23.4 Å². The van der Waals surface area contributed by atoms with Gasteiger partial charge in [-0.2, -0.15) is 0 Å². The quantitative estimate of drug-likeness (QED) is 0.751. The fourth-order valence-corrected chi connectivity index (χ4v) is 3.05. The van der Waals surface area contributed by atoms with Crippen LogP contribution in [-0.2, 0) is 0 Å². The van der Waals surface area contributed by atoms with Gasteiger partial charge < -0.3 is 4.90 Å². The molecule has 1 aliphatic rings. The first-order valence-corrected chi connectivity index (χ1v) is 8.45. The number of hydrogen-bond acceptors (Lipinski definition) is 2. The van der Waals surface area contributed by atoms with Crippen molar-refractivity contribution in [3.63, 3.8) is 0 Å². The topological polar surface area (TPSA) is 20.3 Å². The molecule has 19 heavy (non-hydrogen) atoms. The van der Waals surface area contributed by atoms with E-state index in [1.54, 1.807) is 11.8 Å². The van der Waals surface area contributed by atoms with Crippen molar-refractivity contribution in [1.29, 1.82) is 0 Å². The maximum Gasteiger partial charge on any atom is 0.255 e. The van der Waals surface area contributed by atoms with Crippen molar-refractivity contribution in [2.24, 2.45) is 0 Å². The second-order valence-corrected chi connectivity index (χ2v) is 6.19. The number of amides is 1. The molecule has 1 amide bonds. The van der Waals surface area contributed by atoms with Crippen LogP contribution in [0.2, 0.25) is 5.02 Å². The molecule has 0 aliphatic carbocycles. The molecular formula is C15H20ClNOS. The number of rotatable bonds is 2. The molecule has 0 N–H and O–H groups in total. The van der Waals surface area contributed by atoms with Crippen LogP contribution in [0.25, 0.3) is 0 Å². The van der Waals surface area contributed by atoms with Crippen molar-refractivity contribution < 1.29 is 4.79 Å². The first kappa shape index (κ1) is 14.7. The summed E-state index contributed by atoms with van der Waals surface area (Å²) in [5.74, 6) is 0.0859. The fourth-order valence-electron chi connectivity index (χ4n) is 2.42. The Morgan fingerprint density at radius 2 is 1.79 bits per heavy atom. The van der Waals surface area contributed by atoms with Gasteiger partial charge in [-0.25, -0.2) is 0 Å². The Bertz CT molecular complexity index is 442. The number of benzene rings is 1. The standard InChI is InChI=1S/C15H20ClNOS/c1-19-12-7-8-14(16)13(11-12)15(18)17-9-5-3-2-4-6-10-17/h7-8,11H,2-6,9-10H2,1H3. The van der Waals surface area contributed by atoms with Gasteiger partial charge in [0, 0.05) is 18.0 Å². The van der Waals surface area contributed by atoms with E-state index >= 15 is 0 Å². The average Bonchev–Trinajstić information content (AvgIpc) is 2.38. The van der Waals surface area contributed by atoms with Crippen LogP contribution in [0.15, 0.2) is 23.1 Å². The first-order chi connectivity index (χ1) is 9.22. The van der Waals surface area contributed by atoms with E-state index in [-0.39, 0.29) is 5.91 Å². The third-order valence-electron chi connectivity index (χ3n) is 3.55.